The molecule has 15 nitrogen and oxygen atoms in total. The molecule has 0 aliphatic carbocycles. The number of hydrogen-bond donors (Lipinski definition) is 1. The summed E-state index contributed by atoms with van der Waals surface area (Å²) in [4.78, 5) is 20.5. The highest BCUT2D eigenvalue weighted by Crippen LogP contribution is 2.28. The maximum Gasteiger partial charge on any atom is 0.299 e. The molecule has 0 fully saturated rings. The van der Waals surface area contributed by atoms with E-state index in [1.165, 1.54) is 12.1 Å². The predicted molar refractivity (Wildman–Crippen MR) is 145 cm³/mol. The molecule has 40 heavy (non-hydrogen) atoms. The molecule has 0 aliphatic heterocycles. The smallest absolute Gasteiger partial charge is 0.299 e. The molecule has 228 valence electrons. The Morgan fingerprint density at radius 1 is 0.625 bits per heavy atom. The highest BCUT2D eigenvalue weighted by Gasteiger charge is 2.18. The molecule has 0 spiro atoms. The lowest BCUT2D eigenvalue weighted by Gasteiger charge is -2.09. The summed E-state index contributed by atoms with van der Waals surface area (Å²) in [5.41, 5.74) is -0.517. The van der Waals surface area contributed by atoms with Crippen molar-refractivity contribution in [2.24, 2.45) is 0 Å². The molecule has 1 rings (SSSR count). The van der Waals surface area contributed by atoms with Crippen LogP contribution in [0.25, 0.3) is 0 Å². The summed E-state index contributed by atoms with van der Waals surface area (Å²) in [6.07, 6.45) is 1.70. The first-order valence-corrected chi connectivity index (χ1v) is 13.0. The molecule has 0 atom stereocenters. The zero-order valence-electron chi connectivity index (χ0n) is 22.8. The van der Waals surface area contributed by atoms with Gasteiger partial charge in [-0.25, -0.2) is 0 Å². The van der Waals surface area contributed by atoms with E-state index >= 15 is 0 Å². The van der Waals surface area contributed by atoms with Crippen molar-refractivity contribution in [1.29, 1.82) is 0 Å². The minimum atomic E-state index is -0.681. The third-order valence-electron chi connectivity index (χ3n) is 4.79. The Kier molecular flexibility index (Phi) is 22.2. The number of anilines is 1. The topological polar surface area (TPSA) is 172 Å². The van der Waals surface area contributed by atoms with Crippen LogP contribution in [0.2, 0.25) is 0 Å². The number of nitro benzene ring substituents is 2. The van der Waals surface area contributed by atoms with Gasteiger partial charge in [0.2, 0.25) is 0 Å². The lowest BCUT2D eigenvalue weighted by atomic mass is 10.2. The zero-order valence-corrected chi connectivity index (χ0v) is 22.8. The summed E-state index contributed by atoms with van der Waals surface area (Å²) in [5.74, 6) is 0. The second kappa shape index (κ2) is 25.2. The molecule has 1 aromatic carbocycles. The van der Waals surface area contributed by atoms with Crippen molar-refractivity contribution in [1.82, 2.24) is 0 Å². The third kappa shape index (κ3) is 19.3. The number of benzene rings is 1. The van der Waals surface area contributed by atoms with E-state index in [1.54, 1.807) is 6.08 Å². The number of nitro groups is 2. The Morgan fingerprint density at radius 3 is 1.40 bits per heavy atom. The van der Waals surface area contributed by atoms with Crippen LogP contribution in [0.5, 0.6) is 0 Å². The Hall–Kier alpha value is -2.76. The Labute approximate surface area is 233 Å². The molecule has 0 bridgehead atoms. The Balaban J connectivity index is 1.80. The highest BCUT2D eigenvalue weighted by molar-refractivity contribution is 5.65. The van der Waals surface area contributed by atoms with Crippen molar-refractivity contribution in [3.63, 3.8) is 0 Å². The second-order valence-corrected chi connectivity index (χ2v) is 7.79. The first-order valence-electron chi connectivity index (χ1n) is 13.0. The lowest BCUT2D eigenvalue weighted by Crippen LogP contribution is -2.15. The van der Waals surface area contributed by atoms with Crippen molar-refractivity contribution in [3.8, 4) is 0 Å². The minimum Gasteiger partial charge on any atom is -0.377 e. The monoisotopic (exact) mass is 575 g/mol. The lowest BCUT2D eigenvalue weighted by molar-refractivity contribution is -0.393. The molecule has 1 N–H and O–H groups in total. The molecule has 0 saturated carbocycles. The first-order chi connectivity index (χ1) is 19.6. The van der Waals surface area contributed by atoms with Crippen LogP contribution in [0.1, 0.15) is 0 Å². The van der Waals surface area contributed by atoms with Crippen LogP contribution in [0, 0.1) is 20.2 Å². The summed E-state index contributed by atoms with van der Waals surface area (Å²) in [5, 5.41) is 24.7. The molecular formula is C25H41N3O12. The summed E-state index contributed by atoms with van der Waals surface area (Å²) in [6.45, 7) is 11.1. The van der Waals surface area contributed by atoms with Crippen molar-refractivity contribution >= 4 is 17.1 Å². The molecule has 0 aliphatic rings. The van der Waals surface area contributed by atoms with E-state index in [0.29, 0.717) is 106 Å². The molecule has 1 aromatic rings. The Morgan fingerprint density at radius 2 is 1.02 bits per heavy atom. The normalized spacial score (nSPS) is 11.0. The molecule has 0 aromatic heterocycles. The number of hydrogen-bond acceptors (Lipinski definition) is 13. The fraction of sp³-hybridized carbons (Fsp3) is 0.680. The average molecular weight is 576 g/mol. The molecule has 0 unspecified atom stereocenters. The van der Waals surface area contributed by atoms with E-state index in [0.717, 1.165) is 6.07 Å². The molecular weight excluding hydrogens is 534 g/mol. The molecule has 0 amide bonds. The van der Waals surface area contributed by atoms with Crippen molar-refractivity contribution in [2.45, 2.75) is 0 Å². The maximum atomic E-state index is 11.1. The van der Waals surface area contributed by atoms with E-state index in [-0.39, 0.29) is 23.7 Å². The summed E-state index contributed by atoms with van der Waals surface area (Å²) in [6, 6.07) is 3.43. The first kappa shape index (κ1) is 35.3. The van der Waals surface area contributed by atoms with Gasteiger partial charge < -0.3 is 43.2 Å². The van der Waals surface area contributed by atoms with Gasteiger partial charge in [-0.15, -0.1) is 6.58 Å². The fourth-order valence-corrected chi connectivity index (χ4v) is 2.90. The minimum absolute atomic E-state index is 0.189. The van der Waals surface area contributed by atoms with Gasteiger partial charge in [-0.2, -0.15) is 0 Å². The van der Waals surface area contributed by atoms with Gasteiger partial charge in [0, 0.05) is 12.6 Å². The zero-order chi connectivity index (χ0) is 29.1. The number of nitrogens with zero attached hydrogens (tertiary/aromatic N) is 2. The van der Waals surface area contributed by atoms with Crippen LogP contribution in [-0.4, -0.2) is 122 Å². The van der Waals surface area contributed by atoms with Gasteiger partial charge in [0.05, 0.1) is 122 Å². The van der Waals surface area contributed by atoms with Crippen LogP contribution >= 0.6 is 0 Å². The van der Waals surface area contributed by atoms with Crippen LogP contribution < -0.4 is 5.32 Å². The molecule has 15 heteroatoms. The molecule has 0 heterocycles. The number of non-ortho nitro benzene ring substituents is 1. The van der Waals surface area contributed by atoms with E-state index in [9.17, 15) is 20.2 Å². The summed E-state index contributed by atoms with van der Waals surface area (Å²) in [7, 11) is 0. The van der Waals surface area contributed by atoms with E-state index in [2.05, 4.69) is 11.9 Å². The van der Waals surface area contributed by atoms with Crippen LogP contribution in [-0.2, 0) is 37.9 Å². The van der Waals surface area contributed by atoms with E-state index < -0.39 is 9.85 Å². The van der Waals surface area contributed by atoms with Crippen LogP contribution in [0.4, 0.5) is 17.1 Å². The summed E-state index contributed by atoms with van der Waals surface area (Å²) >= 11 is 0. The van der Waals surface area contributed by atoms with Gasteiger partial charge in [0.1, 0.15) is 5.69 Å². The van der Waals surface area contributed by atoms with Gasteiger partial charge in [-0.1, -0.05) is 6.08 Å². The van der Waals surface area contributed by atoms with Gasteiger partial charge in [-0.05, 0) is 6.07 Å². The highest BCUT2D eigenvalue weighted by atomic mass is 16.6. The standard InChI is InChI=1S/C25H41N3O12/c1-2-6-33-8-10-35-12-14-37-16-18-39-20-21-40-19-17-38-15-13-36-11-9-34-7-5-26-24-4-3-23(27(29)30)22-25(24)28(31)32/h2-4,22,26H,1,5-21H2. The van der Waals surface area contributed by atoms with Gasteiger partial charge >= 0.3 is 0 Å². The van der Waals surface area contributed by atoms with Crippen LogP contribution in [0.3, 0.4) is 0 Å². The SMILES string of the molecule is C=CCOCCOCCOCCOCCOCCOCCOCCOCCNc1ccc([N+](=O)[O-])cc1[N+](=O)[O-]. The van der Waals surface area contributed by atoms with Crippen molar-refractivity contribution in [3.05, 3.63) is 51.1 Å². The number of rotatable bonds is 29. The molecule has 0 saturated heterocycles. The van der Waals surface area contributed by atoms with Crippen LogP contribution in [0.15, 0.2) is 30.9 Å². The average Bonchev–Trinajstić information content (AvgIpc) is 2.94. The van der Waals surface area contributed by atoms with Gasteiger partial charge in [-0.3, -0.25) is 20.2 Å². The number of nitrogens with one attached hydrogen (secondary N) is 1. The number of ether oxygens (including phenoxy) is 8. The van der Waals surface area contributed by atoms with Gasteiger partial charge in [0.25, 0.3) is 11.4 Å². The second-order valence-electron chi connectivity index (χ2n) is 7.79. The van der Waals surface area contributed by atoms with Gasteiger partial charge in [0.15, 0.2) is 0 Å². The third-order valence-corrected chi connectivity index (χ3v) is 4.79. The summed E-state index contributed by atoms with van der Waals surface area (Å²) < 4.78 is 43.0. The predicted octanol–water partition coefficient (Wildman–Crippen LogP) is 2.23. The van der Waals surface area contributed by atoms with Crippen molar-refractivity contribution in [2.75, 3.05) is 118 Å². The fourth-order valence-electron chi connectivity index (χ4n) is 2.90. The van der Waals surface area contributed by atoms with Crippen molar-refractivity contribution < 1.29 is 47.7 Å². The quantitative estimate of drug-likeness (QED) is 0.0638. The Bertz CT molecular complexity index is 815. The van der Waals surface area contributed by atoms with E-state index in [1.807, 2.05) is 0 Å². The van der Waals surface area contributed by atoms with E-state index in [4.69, 9.17) is 37.9 Å². The molecule has 0 radical (unpaired) electrons. The maximum absolute atomic E-state index is 11.1. The largest absolute Gasteiger partial charge is 0.377 e.